The minimum Gasteiger partial charge on any atom is -0.394 e. The van der Waals surface area contributed by atoms with Crippen molar-refractivity contribution in [2.24, 2.45) is 0 Å². The number of ether oxygens (including phenoxy) is 1. The van der Waals surface area contributed by atoms with Crippen molar-refractivity contribution in [3.8, 4) is 0 Å². The molecule has 0 spiro atoms. The molecule has 114 valence electrons. The van der Waals surface area contributed by atoms with Crippen LogP contribution in [-0.4, -0.2) is 74.6 Å². The summed E-state index contributed by atoms with van der Waals surface area (Å²) in [5.41, 5.74) is 0.816. The van der Waals surface area contributed by atoms with E-state index in [2.05, 4.69) is 10.3 Å². The Hall–Kier alpha value is -1.03. The lowest BCUT2D eigenvalue weighted by atomic mass is 9.98. The van der Waals surface area contributed by atoms with Crippen LogP contribution >= 0.6 is 0 Å². The standard InChI is InChI=1S/C12H21N3O5/c1-13-3-2-7-4-15(6-14-7)12-11(19)10(18)9(17)8(5-16)20-12/h4,6,8-13,16-19H,2-3,5H2,1H3/t8-,9+,10+,11+,12+/m0/s1. The summed E-state index contributed by atoms with van der Waals surface area (Å²) in [7, 11) is 1.84. The molecule has 1 saturated heterocycles. The molecule has 1 aromatic heterocycles. The Balaban J connectivity index is 2.12. The first-order valence-corrected chi connectivity index (χ1v) is 6.56. The fourth-order valence-corrected chi connectivity index (χ4v) is 2.23. The van der Waals surface area contributed by atoms with Gasteiger partial charge in [0.15, 0.2) is 6.23 Å². The summed E-state index contributed by atoms with van der Waals surface area (Å²) in [6, 6.07) is 0. The highest BCUT2D eigenvalue weighted by Crippen LogP contribution is 2.28. The van der Waals surface area contributed by atoms with E-state index in [0.717, 1.165) is 18.7 Å². The smallest absolute Gasteiger partial charge is 0.164 e. The summed E-state index contributed by atoms with van der Waals surface area (Å²) < 4.78 is 6.97. The van der Waals surface area contributed by atoms with E-state index < -0.39 is 37.3 Å². The molecule has 5 atom stereocenters. The van der Waals surface area contributed by atoms with Crippen molar-refractivity contribution < 1.29 is 25.2 Å². The maximum Gasteiger partial charge on any atom is 0.164 e. The van der Waals surface area contributed by atoms with Gasteiger partial charge >= 0.3 is 0 Å². The molecule has 1 aromatic rings. The number of hydrogen-bond donors (Lipinski definition) is 5. The molecule has 1 fully saturated rings. The Bertz CT molecular complexity index is 425. The number of nitrogens with zero attached hydrogens (tertiary/aromatic N) is 2. The summed E-state index contributed by atoms with van der Waals surface area (Å²) in [6.45, 7) is 0.328. The van der Waals surface area contributed by atoms with Crippen molar-refractivity contribution in [1.82, 2.24) is 14.9 Å². The van der Waals surface area contributed by atoms with Gasteiger partial charge in [0.1, 0.15) is 24.4 Å². The van der Waals surface area contributed by atoms with Crippen LogP contribution < -0.4 is 5.32 Å². The first-order valence-electron chi connectivity index (χ1n) is 6.56. The van der Waals surface area contributed by atoms with Crippen LogP contribution in [0.4, 0.5) is 0 Å². The number of aliphatic hydroxyl groups is 4. The summed E-state index contributed by atoms with van der Waals surface area (Å²) in [5, 5.41) is 41.6. The molecule has 0 radical (unpaired) electrons. The van der Waals surface area contributed by atoms with Gasteiger partial charge in [0.05, 0.1) is 18.6 Å². The fourth-order valence-electron chi connectivity index (χ4n) is 2.23. The first-order chi connectivity index (χ1) is 9.58. The molecule has 1 aliphatic heterocycles. The largest absolute Gasteiger partial charge is 0.394 e. The third-order valence-electron chi connectivity index (χ3n) is 3.45. The predicted molar refractivity (Wildman–Crippen MR) is 68.9 cm³/mol. The quantitative estimate of drug-likeness (QED) is 0.410. The zero-order valence-electron chi connectivity index (χ0n) is 11.3. The second-order valence-corrected chi connectivity index (χ2v) is 4.89. The monoisotopic (exact) mass is 287 g/mol. The molecule has 8 heteroatoms. The molecule has 5 N–H and O–H groups in total. The van der Waals surface area contributed by atoms with Crippen LogP contribution in [0.15, 0.2) is 12.5 Å². The minimum atomic E-state index is -1.38. The molecule has 0 saturated carbocycles. The number of aromatic nitrogens is 2. The summed E-state index contributed by atoms with van der Waals surface area (Å²) in [5.74, 6) is 0. The molecule has 8 nitrogen and oxygen atoms in total. The van der Waals surface area contributed by atoms with E-state index >= 15 is 0 Å². The topological polar surface area (TPSA) is 120 Å². The van der Waals surface area contributed by atoms with E-state index in [9.17, 15) is 15.3 Å². The summed E-state index contributed by atoms with van der Waals surface area (Å²) in [6.07, 6.45) is -1.89. The molecule has 0 amide bonds. The third-order valence-corrected chi connectivity index (χ3v) is 3.45. The van der Waals surface area contributed by atoms with Gasteiger partial charge in [-0.3, -0.25) is 0 Å². The maximum atomic E-state index is 9.98. The number of nitrogens with one attached hydrogen (secondary N) is 1. The molecule has 20 heavy (non-hydrogen) atoms. The van der Waals surface area contributed by atoms with Crippen molar-refractivity contribution in [3.63, 3.8) is 0 Å². The number of rotatable bonds is 5. The van der Waals surface area contributed by atoms with Crippen LogP contribution in [0.2, 0.25) is 0 Å². The van der Waals surface area contributed by atoms with Gasteiger partial charge in [0.2, 0.25) is 0 Å². The van der Waals surface area contributed by atoms with Gasteiger partial charge in [-0.25, -0.2) is 4.98 Å². The maximum absolute atomic E-state index is 9.98. The Morgan fingerprint density at radius 2 is 2.05 bits per heavy atom. The molecule has 2 heterocycles. The second-order valence-electron chi connectivity index (χ2n) is 4.89. The van der Waals surface area contributed by atoms with Crippen LogP contribution in [0.3, 0.4) is 0 Å². The van der Waals surface area contributed by atoms with Crippen LogP contribution in [0.25, 0.3) is 0 Å². The zero-order valence-corrected chi connectivity index (χ0v) is 11.3. The van der Waals surface area contributed by atoms with Crippen LogP contribution in [0.5, 0.6) is 0 Å². The molecule has 0 unspecified atom stereocenters. The van der Waals surface area contributed by atoms with Gasteiger partial charge in [-0.15, -0.1) is 0 Å². The van der Waals surface area contributed by atoms with Crippen molar-refractivity contribution in [1.29, 1.82) is 0 Å². The van der Waals surface area contributed by atoms with Crippen molar-refractivity contribution >= 4 is 0 Å². The first kappa shape index (κ1) is 15.4. The molecule has 2 rings (SSSR count). The van der Waals surface area contributed by atoms with E-state index in [1.165, 1.54) is 10.9 Å². The zero-order chi connectivity index (χ0) is 14.7. The number of imidazole rings is 1. The van der Waals surface area contributed by atoms with E-state index in [1.54, 1.807) is 6.20 Å². The molecular formula is C12H21N3O5. The van der Waals surface area contributed by atoms with Crippen molar-refractivity contribution in [3.05, 3.63) is 18.2 Å². The van der Waals surface area contributed by atoms with Crippen molar-refractivity contribution in [2.45, 2.75) is 37.1 Å². The summed E-state index contributed by atoms with van der Waals surface area (Å²) >= 11 is 0. The van der Waals surface area contributed by atoms with Crippen LogP contribution in [0, 0.1) is 0 Å². The Labute approximate surface area is 116 Å². The average molecular weight is 287 g/mol. The fraction of sp³-hybridized carbons (Fsp3) is 0.750. The van der Waals surface area contributed by atoms with E-state index in [4.69, 9.17) is 9.84 Å². The second kappa shape index (κ2) is 6.61. The third kappa shape index (κ3) is 3.00. The SMILES string of the molecule is CNCCc1cn([C@@H]2O[C@@H](CO)[C@@H](O)[C@@H](O)[C@H]2O)cn1. The minimum absolute atomic E-state index is 0.442. The highest BCUT2D eigenvalue weighted by molar-refractivity contribution is 5.00. The normalized spacial score (nSPS) is 34.4. The number of aliphatic hydroxyl groups excluding tert-OH is 4. The van der Waals surface area contributed by atoms with E-state index in [1.807, 2.05) is 7.05 Å². The number of hydrogen-bond acceptors (Lipinski definition) is 7. The van der Waals surface area contributed by atoms with Gasteiger partial charge in [0.25, 0.3) is 0 Å². The Kier molecular flexibility index (Phi) is 5.08. The van der Waals surface area contributed by atoms with Gasteiger partial charge in [0, 0.05) is 19.2 Å². The molecule has 0 bridgehead atoms. The molecule has 0 aliphatic carbocycles. The van der Waals surface area contributed by atoms with Gasteiger partial charge < -0.3 is 35.0 Å². The lowest BCUT2D eigenvalue weighted by molar-refractivity contribution is -0.251. The average Bonchev–Trinajstić information content (AvgIpc) is 2.91. The Morgan fingerprint density at radius 1 is 1.30 bits per heavy atom. The number of likely N-dealkylation sites (N-methyl/N-ethyl adjacent to an activating group) is 1. The lowest BCUT2D eigenvalue weighted by Crippen LogP contribution is -2.56. The van der Waals surface area contributed by atoms with Crippen LogP contribution in [-0.2, 0) is 11.2 Å². The van der Waals surface area contributed by atoms with Gasteiger partial charge in [-0.05, 0) is 7.05 Å². The van der Waals surface area contributed by atoms with Crippen LogP contribution in [0.1, 0.15) is 11.9 Å². The predicted octanol–water partition coefficient (Wildman–Crippen LogP) is -2.38. The highest BCUT2D eigenvalue weighted by atomic mass is 16.6. The lowest BCUT2D eigenvalue weighted by Gasteiger charge is -2.40. The summed E-state index contributed by atoms with van der Waals surface area (Å²) in [4.78, 5) is 4.18. The van der Waals surface area contributed by atoms with Gasteiger partial charge in [-0.2, -0.15) is 0 Å². The molecular weight excluding hydrogens is 266 g/mol. The molecule has 1 aliphatic rings. The highest BCUT2D eigenvalue weighted by Gasteiger charge is 2.44. The molecule has 0 aromatic carbocycles. The van der Waals surface area contributed by atoms with Crippen molar-refractivity contribution in [2.75, 3.05) is 20.2 Å². The Morgan fingerprint density at radius 3 is 2.70 bits per heavy atom. The van der Waals surface area contributed by atoms with Gasteiger partial charge in [-0.1, -0.05) is 0 Å². The van der Waals surface area contributed by atoms with E-state index in [0.29, 0.717) is 0 Å². The van der Waals surface area contributed by atoms with E-state index in [-0.39, 0.29) is 0 Å².